The Labute approximate surface area is 93.6 Å². The molecule has 3 nitrogen and oxygen atoms in total. The second-order valence-electron chi connectivity index (χ2n) is 4.05. The molecule has 1 aliphatic carbocycles. The van der Waals surface area contributed by atoms with E-state index in [1.165, 1.54) is 6.07 Å². The Bertz CT molecular complexity index is 422. The monoisotopic (exact) mass is 220 g/mol. The third-order valence-corrected chi connectivity index (χ3v) is 2.80. The minimum Gasteiger partial charge on any atom is -0.373 e. The van der Waals surface area contributed by atoms with Crippen LogP contribution in [0.1, 0.15) is 24.0 Å². The Kier molecular flexibility index (Phi) is 3.18. The fraction of sp³-hybridized carbons (Fsp3) is 0.417. The van der Waals surface area contributed by atoms with Crippen molar-refractivity contribution in [2.45, 2.75) is 31.6 Å². The molecule has 0 atom stereocenters. The van der Waals surface area contributed by atoms with Gasteiger partial charge in [0.25, 0.3) is 0 Å². The first-order chi connectivity index (χ1) is 7.70. The summed E-state index contributed by atoms with van der Waals surface area (Å²) in [5.41, 5.74) is 6.11. The molecule has 84 valence electrons. The number of nitrogens with zero attached hydrogens (tertiary/aromatic N) is 1. The molecule has 0 saturated heterocycles. The molecule has 0 amide bonds. The predicted molar refractivity (Wildman–Crippen MR) is 56.9 cm³/mol. The smallest absolute Gasteiger partial charge is 0.146 e. The first kappa shape index (κ1) is 11.1. The Morgan fingerprint density at radius 2 is 2.25 bits per heavy atom. The first-order valence-corrected chi connectivity index (χ1v) is 5.25. The lowest BCUT2D eigenvalue weighted by molar-refractivity contribution is -0.0198. The van der Waals surface area contributed by atoms with E-state index in [1.54, 1.807) is 12.1 Å². The van der Waals surface area contributed by atoms with Crippen molar-refractivity contribution >= 4 is 0 Å². The molecule has 1 saturated carbocycles. The van der Waals surface area contributed by atoms with E-state index in [-0.39, 0.29) is 24.3 Å². The second-order valence-corrected chi connectivity index (χ2v) is 4.05. The third-order valence-electron chi connectivity index (χ3n) is 2.80. The third kappa shape index (κ3) is 2.21. The van der Waals surface area contributed by atoms with Crippen LogP contribution in [0.25, 0.3) is 0 Å². The van der Waals surface area contributed by atoms with Crippen LogP contribution in [0.2, 0.25) is 0 Å². The summed E-state index contributed by atoms with van der Waals surface area (Å²) in [6.07, 6.45) is 1.80. The standard InChI is InChI=1S/C12H13FN2O/c13-12-8(6-14)2-1-3-9(12)7-16-11-4-10(15)5-11/h1-3,10-11H,4-5,7,15H2. The predicted octanol–water partition coefficient (Wildman–Crippen LogP) is 1.70. The molecule has 0 spiro atoms. The largest absolute Gasteiger partial charge is 0.373 e. The van der Waals surface area contributed by atoms with Crippen LogP contribution in [0.15, 0.2) is 18.2 Å². The van der Waals surface area contributed by atoms with E-state index >= 15 is 0 Å². The van der Waals surface area contributed by atoms with E-state index in [9.17, 15) is 4.39 Å². The molecule has 0 bridgehead atoms. The van der Waals surface area contributed by atoms with Crippen molar-refractivity contribution in [3.05, 3.63) is 35.1 Å². The highest BCUT2D eigenvalue weighted by Gasteiger charge is 2.26. The molecule has 2 rings (SSSR count). The van der Waals surface area contributed by atoms with Gasteiger partial charge in [0.15, 0.2) is 0 Å². The quantitative estimate of drug-likeness (QED) is 0.843. The lowest BCUT2D eigenvalue weighted by Gasteiger charge is -2.32. The number of nitriles is 1. The molecular weight excluding hydrogens is 207 g/mol. The van der Waals surface area contributed by atoms with Crippen LogP contribution in [-0.2, 0) is 11.3 Å². The number of rotatable bonds is 3. The molecule has 0 radical (unpaired) electrons. The van der Waals surface area contributed by atoms with Gasteiger partial charge in [-0.25, -0.2) is 4.39 Å². The maximum Gasteiger partial charge on any atom is 0.146 e. The zero-order chi connectivity index (χ0) is 11.5. The summed E-state index contributed by atoms with van der Waals surface area (Å²) in [4.78, 5) is 0. The minimum atomic E-state index is -0.478. The molecule has 0 aromatic heterocycles. The Morgan fingerprint density at radius 1 is 1.50 bits per heavy atom. The molecule has 1 aromatic rings. The number of hydrogen-bond acceptors (Lipinski definition) is 3. The van der Waals surface area contributed by atoms with Crippen molar-refractivity contribution in [3.63, 3.8) is 0 Å². The zero-order valence-electron chi connectivity index (χ0n) is 8.82. The van der Waals surface area contributed by atoms with Gasteiger partial charge in [0.2, 0.25) is 0 Å². The van der Waals surface area contributed by atoms with Gasteiger partial charge in [0.05, 0.1) is 18.3 Å². The average molecular weight is 220 g/mol. The van der Waals surface area contributed by atoms with Crippen molar-refractivity contribution in [3.8, 4) is 6.07 Å². The molecular formula is C12H13FN2O. The molecule has 2 N–H and O–H groups in total. The van der Waals surface area contributed by atoms with Crippen molar-refractivity contribution in [1.29, 1.82) is 5.26 Å². The van der Waals surface area contributed by atoms with E-state index in [1.807, 2.05) is 6.07 Å². The van der Waals surface area contributed by atoms with E-state index in [2.05, 4.69) is 0 Å². The van der Waals surface area contributed by atoms with Crippen LogP contribution >= 0.6 is 0 Å². The van der Waals surface area contributed by atoms with E-state index in [4.69, 9.17) is 15.7 Å². The van der Waals surface area contributed by atoms with Gasteiger partial charge >= 0.3 is 0 Å². The lowest BCUT2D eigenvalue weighted by Crippen LogP contribution is -2.41. The second kappa shape index (κ2) is 4.60. The van der Waals surface area contributed by atoms with Crippen LogP contribution in [0.3, 0.4) is 0 Å². The SMILES string of the molecule is N#Cc1cccc(COC2CC(N)C2)c1F. The zero-order valence-corrected chi connectivity index (χ0v) is 8.82. The van der Waals surface area contributed by atoms with Gasteiger partial charge < -0.3 is 10.5 Å². The highest BCUT2D eigenvalue weighted by molar-refractivity contribution is 5.34. The van der Waals surface area contributed by atoms with E-state index in [0.29, 0.717) is 5.56 Å². The number of halogens is 1. The van der Waals surface area contributed by atoms with Gasteiger partial charge in [-0.2, -0.15) is 5.26 Å². The van der Waals surface area contributed by atoms with E-state index in [0.717, 1.165) is 12.8 Å². The number of ether oxygens (including phenoxy) is 1. The van der Waals surface area contributed by atoms with Gasteiger partial charge in [-0.3, -0.25) is 0 Å². The van der Waals surface area contributed by atoms with Crippen LogP contribution in [0.5, 0.6) is 0 Å². The Morgan fingerprint density at radius 3 is 2.88 bits per heavy atom. The molecule has 1 aromatic carbocycles. The Hall–Kier alpha value is -1.44. The van der Waals surface area contributed by atoms with Gasteiger partial charge in [-0.05, 0) is 18.9 Å². The maximum atomic E-state index is 13.6. The molecule has 16 heavy (non-hydrogen) atoms. The summed E-state index contributed by atoms with van der Waals surface area (Å²) in [5, 5.41) is 8.67. The molecule has 1 aliphatic rings. The van der Waals surface area contributed by atoms with Crippen molar-refractivity contribution < 1.29 is 9.13 Å². The Balaban J connectivity index is 1.97. The summed E-state index contributed by atoms with van der Waals surface area (Å²) in [7, 11) is 0. The van der Waals surface area contributed by atoms with Gasteiger partial charge in [-0.1, -0.05) is 12.1 Å². The summed E-state index contributed by atoms with van der Waals surface area (Å²) in [6.45, 7) is 0.207. The molecule has 1 fully saturated rings. The molecule has 0 unspecified atom stereocenters. The summed E-state index contributed by atoms with van der Waals surface area (Å²) >= 11 is 0. The number of nitrogens with two attached hydrogens (primary N) is 1. The van der Waals surface area contributed by atoms with Gasteiger partial charge in [-0.15, -0.1) is 0 Å². The molecule has 0 heterocycles. The van der Waals surface area contributed by atoms with E-state index < -0.39 is 5.82 Å². The van der Waals surface area contributed by atoms with Crippen molar-refractivity contribution in [2.75, 3.05) is 0 Å². The van der Waals surface area contributed by atoms with Crippen molar-refractivity contribution in [1.82, 2.24) is 0 Å². The first-order valence-electron chi connectivity index (χ1n) is 5.25. The number of benzene rings is 1. The molecule has 4 heteroatoms. The molecule has 0 aliphatic heterocycles. The topological polar surface area (TPSA) is 59.0 Å². The maximum absolute atomic E-state index is 13.6. The van der Waals surface area contributed by atoms with Crippen molar-refractivity contribution in [2.24, 2.45) is 5.73 Å². The summed E-state index contributed by atoms with van der Waals surface area (Å²) in [5.74, 6) is -0.478. The highest BCUT2D eigenvalue weighted by atomic mass is 19.1. The van der Waals surface area contributed by atoms with Gasteiger partial charge in [0.1, 0.15) is 11.9 Å². The normalized spacial score (nSPS) is 23.6. The highest BCUT2D eigenvalue weighted by Crippen LogP contribution is 2.23. The summed E-state index contributed by atoms with van der Waals surface area (Å²) in [6, 6.07) is 6.78. The van der Waals surface area contributed by atoms with Crippen LogP contribution < -0.4 is 5.73 Å². The fourth-order valence-corrected chi connectivity index (χ4v) is 1.73. The minimum absolute atomic E-state index is 0.0615. The van der Waals surface area contributed by atoms with Gasteiger partial charge in [0, 0.05) is 11.6 Å². The average Bonchev–Trinajstić information content (AvgIpc) is 2.24. The fourth-order valence-electron chi connectivity index (χ4n) is 1.73. The summed E-state index contributed by atoms with van der Waals surface area (Å²) < 4.78 is 19.1. The lowest BCUT2D eigenvalue weighted by atomic mass is 9.90. The van der Waals surface area contributed by atoms with Crippen LogP contribution in [0, 0.1) is 17.1 Å². The van der Waals surface area contributed by atoms with Crippen LogP contribution in [-0.4, -0.2) is 12.1 Å². The number of hydrogen-bond donors (Lipinski definition) is 1. The van der Waals surface area contributed by atoms with Crippen LogP contribution in [0.4, 0.5) is 4.39 Å².